The Morgan fingerprint density at radius 2 is 1.98 bits per heavy atom. The van der Waals surface area contributed by atoms with E-state index >= 15 is 0 Å². The van der Waals surface area contributed by atoms with Gasteiger partial charge in [-0.3, -0.25) is 19.4 Å². The molecular formula is C32H30ClFN4O5. The number of hydrogen-bond acceptors (Lipinski definition) is 7. The maximum absolute atomic E-state index is 14.7. The highest BCUT2D eigenvalue weighted by Gasteiger charge is 2.27. The van der Waals surface area contributed by atoms with E-state index in [4.69, 9.17) is 20.9 Å². The van der Waals surface area contributed by atoms with Crippen LogP contribution in [0.25, 0.3) is 22.4 Å². The first-order chi connectivity index (χ1) is 20.7. The third kappa shape index (κ3) is 6.44. The third-order valence-corrected chi connectivity index (χ3v) is 7.88. The van der Waals surface area contributed by atoms with Crippen molar-refractivity contribution in [3.63, 3.8) is 0 Å². The smallest absolute Gasteiger partial charge is 0.309 e. The van der Waals surface area contributed by atoms with E-state index in [1.54, 1.807) is 25.3 Å². The van der Waals surface area contributed by atoms with Gasteiger partial charge in [0.15, 0.2) is 5.82 Å². The second-order valence-corrected chi connectivity index (χ2v) is 10.9. The zero-order chi connectivity index (χ0) is 30.7. The van der Waals surface area contributed by atoms with Crippen molar-refractivity contribution in [1.29, 1.82) is 0 Å². The van der Waals surface area contributed by atoms with E-state index in [1.165, 1.54) is 19.2 Å². The van der Waals surface area contributed by atoms with Crippen LogP contribution in [0.4, 0.5) is 10.1 Å². The normalized spacial score (nSPS) is 16.7. The molecule has 0 spiro atoms. The molecule has 0 fully saturated rings. The molecule has 1 aliphatic rings. The molecule has 0 unspecified atom stereocenters. The lowest BCUT2D eigenvalue weighted by Crippen LogP contribution is -2.30. The van der Waals surface area contributed by atoms with Crippen LogP contribution in [0.5, 0.6) is 0 Å². The van der Waals surface area contributed by atoms with Crippen molar-refractivity contribution in [1.82, 2.24) is 15.5 Å². The predicted molar refractivity (Wildman–Crippen MR) is 159 cm³/mol. The van der Waals surface area contributed by atoms with E-state index in [-0.39, 0.29) is 46.3 Å². The number of aromatic nitrogens is 2. The lowest BCUT2D eigenvalue weighted by Gasteiger charge is -2.22. The van der Waals surface area contributed by atoms with Crippen molar-refractivity contribution in [3.05, 3.63) is 88.1 Å². The van der Waals surface area contributed by atoms with Gasteiger partial charge in [0.1, 0.15) is 5.69 Å². The standard InChI is InChI=1S/C32H30ClFN4O5/c1-17-6-4-9-24(36-32(41)30-18(2)29(38-43-30)22-7-5-8-23(33)28(22)34)26-16-20(12-13-35-26)21-11-10-19(15-27(39)42-3)14-25(21)37-31(17)40/h5,7-8,10-14,16-17,24H,4,6,9,15H2,1-3H3,(H,36,41)(H,37,40)/t17-,24+/m1/s1. The van der Waals surface area contributed by atoms with Crippen LogP contribution in [0.2, 0.25) is 5.02 Å². The molecule has 11 heteroatoms. The summed E-state index contributed by atoms with van der Waals surface area (Å²) in [5.74, 6) is -2.07. The number of carbonyl (C=O) groups excluding carboxylic acids is 3. The van der Waals surface area contributed by atoms with Crippen molar-refractivity contribution in [2.75, 3.05) is 12.4 Å². The van der Waals surface area contributed by atoms with Gasteiger partial charge < -0.3 is 19.9 Å². The summed E-state index contributed by atoms with van der Waals surface area (Å²) in [6.07, 6.45) is 3.40. The molecule has 2 N–H and O–H groups in total. The maximum Gasteiger partial charge on any atom is 0.309 e. The number of pyridine rings is 1. The van der Waals surface area contributed by atoms with Gasteiger partial charge in [0.2, 0.25) is 11.7 Å². The van der Waals surface area contributed by atoms with E-state index < -0.39 is 17.8 Å². The Labute approximate surface area is 252 Å². The number of halogens is 2. The van der Waals surface area contributed by atoms with E-state index in [9.17, 15) is 18.8 Å². The first-order valence-corrected chi connectivity index (χ1v) is 14.2. The molecule has 222 valence electrons. The molecule has 2 atom stereocenters. The molecule has 2 bridgehead atoms. The Morgan fingerprint density at radius 3 is 2.77 bits per heavy atom. The number of methoxy groups -OCH3 is 1. The van der Waals surface area contributed by atoms with Gasteiger partial charge >= 0.3 is 5.97 Å². The number of ether oxygens (including phenoxy) is 1. The van der Waals surface area contributed by atoms with Gasteiger partial charge in [-0.25, -0.2) is 4.39 Å². The average molecular weight is 605 g/mol. The summed E-state index contributed by atoms with van der Waals surface area (Å²) in [4.78, 5) is 43.0. The van der Waals surface area contributed by atoms with Gasteiger partial charge in [-0.2, -0.15) is 0 Å². The molecule has 2 amide bonds. The van der Waals surface area contributed by atoms with Crippen LogP contribution >= 0.6 is 11.6 Å². The van der Waals surface area contributed by atoms with E-state index in [2.05, 4.69) is 20.8 Å². The quantitative estimate of drug-likeness (QED) is 0.251. The van der Waals surface area contributed by atoms with Crippen LogP contribution in [0.15, 0.2) is 59.3 Å². The molecule has 5 rings (SSSR count). The predicted octanol–water partition coefficient (Wildman–Crippen LogP) is 6.45. The van der Waals surface area contributed by atoms with Gasteiger partial charge in [-0.1, -0.05) is 48.3 Å². The molecule has 1 aliphatic heterocycles. The summed E-state index contributed by atoms with van der Waals surface area (Å²) in [7, 11) is 1.33. The molecule has 4 aromatic rings. The highest BCUT2D eigenvalue weighted by atomic mass is 35.5. The number of rotatable bonds is 5. The fraction of sp³-hybridized carbons (Fsp3) is 0.281. The molecule has 0 aliphatic carbocycles. The number of carbonyl (C=O) groups is 3. The van der Waals surface area contributed by atoms with E-state index in [1.807, 2.05) is 31.2 Å². The summed E-state index contributed by atoms with van der Waals surface area (Å²) >= 11 is 5.94. The zero-order valence-electron chi connectivity index (χ0n) is 23.9. The zero-order valence-corrected chi connectivity index (χ0v) is 24.6. The number of amides is 2. The molecule has 2 aromatic carbocycles. The summed E-state index contributed by atoms with van der Waals surface area (Å²) in [6, 6.07) is 13.1. The fourth-order valence-electron chi connectivity index (χ4n) is 5.12. The minimum absolute atomic E-state index is 0.0483. The van der Waals surface area contributed by atoms with Gasteiger partial charge in [0.05, 0.1) is 30.3 Å². The largest absolute Gasteiger partial charge is 0.469 e. The number of fused-ring (bicyclic) bond motifs is 4. The first-order valence-electron chi connectivity index (χ1n) is 13.8. The average Bonchev–Trinajstić information content (AvgIpc) is 3.38. The molecule has 0 radical (unpaired) electrons. The maximum atomic E-state index is 14.7. The number of anilines is 1. The van der Waals surface area contributed by atoms with Crippen molar-refractivity contribution >= 4 is 35.1 Å². The van der Waals surface area contributed by atoms with Crippen LogP contribution in [0.3, 0.4) is 0 Å². The molecule has 0 saturated carbocycles. The Kier molecular flexibility index (Phi) is 8.86. The molecule has 2 aromatic heterocycles. The minimum Gasteiger partial charge on any atom is -0.469 e. The summed E-state index contributed by atoms with van der Waals surface area (Å²) in [5.41, 5.74) is 4.08. The van der Waals surface area contributed by atoms with Gasteiger partial charge in [0.25, 0.3) is 5.91 Å². The van der Waals surface area contributed by atoms with Crippen LogP contribution in [0.1, 0.15) is 59.6 Å². The first kappa shape index (κ1) is 29.9. The fourth-order valence-corrected chi connectivity index (χ4v) is 5.29. The third-order valence-electron chi connectivity index (χ3n) is 7.59. The van der Waals surface area contributed by atoms with Gasteiger partial charge in [-0.05, 0) is 61.2 Å². The van der Waals surface area contributed by atoms with E-state index in [0.717, 1.165) is 11.1 Å². The summed E-state index contributed by atoms with van der Waals surface area (Å²) < 4.78 is 24.9. The van der Waals surface area contributed by atoms with Crippen LogP contribution in [-0.2, 0) is 20.7 Å². The van der Waals surface area contributed by atoms with Crippen molar-refractivity contribution in [2.24, 2.45) is 5.92 Å². The van der Waals surface area contributed by atoms with Gasteiger partial charge in [0, 0.05) is 34.5 Å². The molecule has 43 heavy (non-hydrogen) atoms. The second-order valence-electron chi connectivity index (χ2n) is 10.5. The number of nitrogens with one attached hydrogen (secondary N) is 2. The van der Waals surface area contributed by atoms with Crippen LogP contribution < -0.4 is 10.6 Å². The molecular weight excluding hydrogens is 575 g/mol. The summed E-state index contributed by atoms with van der Waals surface area (Å²) in [6.45, 7) is 3.48. The molecule has 0 saturated heterocycles. The SMILES string of the molecule is COC(=O)Cc1ccc2c(c1)NC(=O)[C@H](C)CCC[C@H](NC(=O)c1onc(-c3cccc(Cl)c3F)c1C)c1cc-2ccn1. The molecule has 9 nitrogen and oxygen atoms in total. The molecule has 3 heterocycles. The lowest BCUT2D eigenvalue weighted by atomic mass is 9.94. The van der Waals surface area contributed by atoms with Crippen molar-refractivity contribution in [2.45, 2.75) is 45.6 Å². The monoisotopic (exact) mass is 604 g/mol. The van der Waals surface area contributed by atoms with Crippen LogP contribution in [-0.4, -0.2) is 35.0 Å². The number of benzene rings is 2. The van der Waals surface area contributed by atoms with Crippen LogP contribution in [0, 0.1) is 18.7 Å². The topological polar surface area (TPSA) is 123 Å². The number of hydrogen-bond donors (Lipinski definition) is 2. The highest BCUT2D eigenvalue weighted by Crippen LogP contribution is 2.34. The minimum atomic E-state index is -0.649. The second kappa shape index (κ2) is 12.7. The van der Waals surface area contributed by atoms with Crippen molar-refractivity contribution in [3.8, 4) is 22.4 Å². The Morgan fingerprint density at radius 1 is 1.16 bits per heavy atom. The van der Waals surface area contributed by atoms with Gasteiger partial charge in [-0.15, -0.1) is 0 Å². The Balaban J connectivity index is 1.48. The Bertz CT molecular complexity index is 1710. The highest BCUT2D eigenvalue weighted by molar-refractivity contribution is 6.31. The number of nitrogens with zero attached hydrogens (tertiary/aromatic N) is 2. The lowest BCUT2D eigenvalue weighted by molar-refractivity contribution is -0.139. The summed E-state index contributed by atoms with van der Waals surface area (Å²) in [5, 5.41) is 9.94. The van der Waals surface area contributed by atoms with Crippen molar-refractivity contribution < 1.29 is 28.0 Å². The van der Waals surface area contributed by atoms with E-state index in [0.29, 0.717) is 41.8 Å². The number of esters is 1. The Hall–Kier alpha value is -4.57.